The van der Waals surface area contributed by atoms with Crippen LogP contribution in [0.3, 0.4) is 0 Å². The van der Waals surface area contributed by atoms with Crippen LogP contribution in [0.25, 0.3) is 11.3 Å². The summed E-state index contributed by atoms with van der Waals surface area (Å²) in [6, 6.07) is 24.1. The van der Waals surface area contributed by atoms with Gasteiger partial charge in [-0.1, -0.05) is 42.5 Å². The van der Waals surface area contributed by atoms with Gasteiger partial charge in [0.05, 0.1) is 5.69 Å². The lowest BCUT2D eigenvalue weighted by molar-refractivity contribution is 0.307. The number of pyridine rings is 1. The first-order valence-electron chi connectivity index (χ1n) is 9.59. The minimum absolute atomic E-state index is 0.514. The molecule has 0 aliphatic carbocycles. The molecule has 0 saturated carbocycles. The summed E-state index contributed by atoms with van der Waals surface area (Å²) in [7, 11) is 0. The summed E-state index contributed by atoms with van der Waals surface area (Å²) >= 11 is 0. The van der Waals surface area contributed by atoms with Crippen molar-refractivity contribution < 1.29 is 4.74 Å². The van der Waals surface area contributed by atoms with Gasteiger partial charge in [-0.25, -0.2) is 9.97 Å². The van der Waals surface area contributed by atoms with Gasteiger partial charge in [0.15, 0.2) is 0 Å². The second-order valence-electron chi connectivity index (χ2n) is 6.59. The molecular weight excluding hydrogens is 360 g/mol. The lowest BCUT2D eigenvalue weighted by atomic mass is 10.1. The quantitative estimate of drug-likeness (QED) is 0.476. The molecule has 0 radical (unpaired) electrons. The summed E-state index contributed by atoms with van der Waals surface area (Å²) in [5, 5.41) is 3.37. The van der Waals surface area contributed by atoms with E-state index in [1.54, 1.807) is 6.33 Å². The molecule has 2 aromatic heterocycles. The predicted molar refractivity (Wildman–Crippen MR) is 115 cm³/mol. The molecule has 0 amide bonds. The normalized spacial score (nSPS) is 10.5. The Bertz CT molecular complexity index is 1040. The molecule has 29 heavy (non-hydrogen) atoms. The lowest BCUT2D eigenvalue weighted by Crippen LogP contribution is -2.07. The fourth-order valence-corrected chi connectivity index (χ4v) is 3.03. The van der Waals surface area contributed by atoms with Crippen molar-refractivity contribution in [1.82, 2.24) is 15.0 Å². The molecule has 144 valence electrons. The average molecular weight is 382 g/mol. The Hall–Kier alpha value is -3.73. The van der Waals surface area contributed by atoms with Crippen LogP contribution in [0, 0.1) is 0 Å². The van der Waals surface area contributed by atoms with Crippen LogP contribution < -0.4 is 10.1 Å². The molecule has 0 bridgehead atoms. The van der Waals surface area contributed by atoms with Crippen LogP contribution in [0.5, 0.6) is 5.75 Å². The van der Waals surface area contributed by atoms with Crippen molar-refractivity contribution in [2.75, 3.05) is 11.9 Å². The van der Waals surface area contributed by atoms with Crippen molar-refractivity contribution in [3.8, 4) is 17.0 Å². The molecular formula is C24H22N4O. The lowest BCUT2D eigenvalue weighted by Gasteiger charge is -2.12. The van der Waals surface area contributed by atoms with E-state index in [9.17, 15) is 0 Å². The Kier molecular flexibility index (Phi) is 6.08. The Balaban J connectivity index is 1.45. The smallest absolute Gasteiger partial charge is 0.129 e. The zero-order valence-corrected chi connectivity index (χ0v) is 16.0. The monoisotopic (exact) mass is 382 g/mol. The number of aromatic nitrogens is 3. The molecule has 4 rings (SSSR count). The van der Waals surface area contributed by atoms with Crippen molar-refractivity contribution >= 4 is 5.82 Å². The highest BCUT2D eigenvalue weighted by Crippen LogP contribution is 2.29. The summed E-state index contributed by atoms with van der Waals surface area (Å²) in [5.74, 6) is 1.60. The van der Waals surface area contributed by atoms with E-state index >= 15 is 0 Å². The highest BCUT2D eigenvalue weighted by Gasteiger charge is 2.09. The summed E-state index contributed by atoms with van der Waals surface area (Å²) in [6.07, 6.45) is 6.10. The minimum atomic E-state index is 0.514. The number of nitrogens with zero attached hydrogens (tertiary/aromatic N) is 3. The molecule has 5 heteroatoms. The Labute approximate surface area is 170 Å². The summed E-state index contributed by atoms with van der Waals surface area (Å²) in [5.41, 5.74) is 4.14. The van der Waals surface area contributed by atoms with Crippen molar-refractivity contribution in [2.45, 2.75) is 13.0 Å². The maximum atomic E-state index is 6.07. The van der Waals surface area contributed by atoms with Crippen molar-refractivity contribution in [1.29, 1.82) is 0 Å². The first-order chi connectivity index (χ1) is 14.4. The maximum absolute atomic E-state index is 6.07. The largest absolute Gasteiger partial charge is 0.488 e. The van der Waals surface area contributed by atoms with Crippen LogP contribution in [0.2, 0.25) is 0 Å². The van der Waals surface area contributed by atoms with E-state index in [-0.39, 0.29) is 0 Å². The zero-order chi connectivity index (χ0) is 19.7. The van der Waals surface area contributed by atoms with Crippen LogP contribution in [-0.2, 0) is 13.0 Å². The third-order valence-corrected chi connectivity index (χ3v) is 4.54. The van der Waals surface area contributed by atoms with E-state index < -0.39 is 0 Å². The number of para-hydroxylation sites is 1. The SMILES string of the molecule is c1ccc(COc2ccccc2-c2cc(NCCc3ccncc3)ncn2)cc1. The van der Waals surface area contributed by atoms with E-state index in [0.717, 1.165) is 41.4 Å². The zero-order valence-electron chi connectivity index (χ0n) is 16.0. The predicted octanol–water partition coefficient (Wildman–Crippen LogP) is 4.77. The highest BCUT2D eigenvalue weighted by molar-refractivity contribution is 5.68. The molecule has 0 spiro atoms. The van der Waals surface area contributed by atoms with Gasteiger partial charge in [0.25, 0.3) is 0 Å². The van der Waals surface area contributed by atoms with Crippen molar-refractivity contribution in [3.63, 3.8) is 0 Å². The first-order valence-corrected chi connectivity index (χ1v) is 9.59. The number of hydrogen-bond acceptors (Lipinski definition) is 5. The molecule has 1 N–H and O–H groups in total. The number of rotatable bonds is 8. The van der Waals surface area contributed by atoms with Gasteiger partial charge < -0.3 is 10.1 Å². The van der Waals surface area contributed by atoms with Gasteiger partial charge in [0.2, 0.25) is 0 Å². The van der Waals surface area contributed by atoms with Gasteiger partial charge in [0, 0.05) is 30.6 Å². The molecule has 5 nitrogen and oxygen atoms in total. The molecule has 0 aliphatic heterocycles. The molecule has 4 aromatic rings. The number of ether oxygens (including phenoxy) is 1. The fraction of sp³-hybridized carbons (Fsp3) is 0.125. The molecule has 0 saturated heterocycles. The van der Waals surface area contributed by atoms with E-state index in [1.165, 1.54) is 5.56 Å². The van der Waals surface area contributed by atoms with Crippen molar-refractivity contribution in [3.05, 3.63) is 103 Å². The summed E-state index contributed by atoms with van der Waals surface area (Å²) < 4.78 is 6.07. The standard InChI is InChI=1S/C24H22N4O/c1-2-6-20(7-3-1)17-29-23-9-5-4-8-21(23)22-16-24(28-18-27-22)26-15-12-19-10-13-25-14-11-19/h1-11,13-14,16,18H,12,15,17H2,(H,26,27,28). The Morgan fingerprint density at radius 3 is 2.45 bits per heavy atom. The van der Waals surface area contributed by atoms with Gasteiger partial charge in [-0.2, -0.15) is 0 Å². The van der Waals surface area contributed by atoms with Gasteiger partial charge >= 0.3 is 0 Å². The van der Waals surface area contributed by atoms with Crippen molar-refractivity contribution in [2.24, 2.45) is 0 Å². The second-order valence-corrected chi connectivity index (χ2v) is 6.59. The molecule has 0 fully saturated rings. The van der Waals surface area contributed by atoms with Crippen LogP contribution in [-0.4, -0.2) is 21.5 Å². The highest BCUT2D eigenvalue weighted by atomic mass is 16.5. The average Bonchev–Trinajstić information content (AvgIpc) is 2.79. The van der Waals surface area contributed by atoms with Gasteiger partial charge in [-0.3, -0.25) is 4.98 Å². The second kappa shape index (κ2) is 9.46. The molecule has 0 aliphatic rings. The molecule has 2 heterocycles. The Morgan fingerprint density at radius 1 is 0.793 bits per heavy atom. The number of hydrogen-bond donors (Lipinski definition) is 1. The maximum Gasteiger partial charge on any atom is 0.129 e. The van der Waals surface area contributed by atoms with Gasteiger partial charge in [0.1, 0.15) is 24.5 Å². The number of benzene rings is 2. The summed E-state index contributed by atoms with van der Waals surface area (Å²) in [4.78, 5) is 12.8. The number of anilines is 1. The molecule has 0 unspecified atom stereocenters. The van der Waals surface area contributed by atoms with E-state index in [0.29, 0.717) is 6.61 Å². The van der Waals surface area contributed by atoms with Crippen LogP contribution >= 0.6 is 0 Å². The van der Waals surface area contributed by atoms with Crippen LogP contribution in [0.15, 0.2) is 91.5 Å². The van der Waals surface area contributed by atoms with Crippen LogP contribution in [0.4, 0.5) is 5.82 Å². The first kappa shape index (κ1) is 18.6. The fourth-order valence-electron chi connectivity index (χ4n) is 3.03. The van der Waals surface area contributed by atoms with E-state index in [1.807, 2.05) is 73.1 Å². The van der Waals surface area contributed by atoms with E-state index in [2.05, 4.69) is 32.4 Å². The molecule has 0 atom stereocenters. The van der Waals surface area contributed by atoms with Gasteiger partial charge in [-0.05, 0) is 41.8 Å². The third kappa shape index (κ3) is 5.17. The Morgan fingerprint density at radius 2 is 1.59 bits per heavy atom. The third-order valence-electron chi connectivity index (χ3n) is 4.54. The van der Waals surface area contributed by atoms with Crippen LogP contribution in [0.1, 0.15) is 11.1 Å². The van der Waals surface area contributed by atoms with Gasteiger partial charge in [-0.15, -0.1) is 0 Å². The van der Waals surface area contributed by atoms with E-state index in [4.69, 9.17) is 4.74 Å². The topological polar surface area (TPSA) is 59.9 Å². The summed E-state index contributed by atoms with van der Waals surface area (Å²) in [6.45, 7) is 1.30. The number of nitrogens with one attached hydrogen (secondary N) is 1. The minimum Gasteiger partial charge on any atom is -0.488 e. The molecule has 2 aromatic carbocycles.